The second-order valence-electron chi connectivity index (χ2n) is 4.30. The largest absolute Gasteiger partial charge is 0.508 e. The highest BCUT2D eigenvalue weighted by atomic mass is 79.9. The van der Waals surface area contributed by atoms with Gasteiger partial charge in [-0.25, -0.2) is 0 Å². The number of carbonyl (C=O) groups is 1. The van der Waals surface area contributed by atoms with E-state index in [-0.39, 0.29) is 18.2 Å². The van der Waals surface area contributed by atoms with Crippen LogP contribution in [0, 0.1) is 0 Å². The summed E-state index contributed by atoms with van der Waals surface area (Å²) in [6, 6.07) is 5.28. The van der Waals surface area contributed by atoms with Gasteiger partial charge in [0.1, 0.15) is 5.75 Å². The summed E-state index contributed by atoms with van der Waals surface area (Å²) in [5.41, 5.74) is 6.03. The maximum Gasteiger partial charge on any atom is 0.231 e. The second-order valence-corrected chi connectivity index (χ2v) is 5.22. The number of benzene rings is 1. The minimum Gasteiger partial charge on any atom is -0.508 e. The van der Waals surface area contributed by atoms with E-state index >= 15 is 0 Å². The van der Waals surface area contributed by atoms with Crippen LogP contribution in [0.2, 0.25) is 0 Å². The molecule has 0 bridgehead atoms. The zero-order valence-corrected chi connectivity index (χ0v) is 12.1. The minimum absolute atomic E-state index is 0.214. The lowest BCUT2D eigenvalue weighted by Gasteiger charge is -2.21. The number of phenolic OH excluding ortho intramolecular Hbond substituents is 1. The van der Waals surface area contributed by atoms with Crippen molar-refractivity contribution in [2.24, 2.45) is 5.73 Å². The van der Waals surface area contributed by atoms with Crippen LogP contribution in [0.4, 0.5) is 0 Å². The maximum atomic E-state index is 11.0. The average molecular weight is 315 g/mol. The Kier molecular flexibility index (Phi) is 6.15. The standard InChI is InChI=1S/C13H19BrN2O2/c1-2-3-6-16(9-13(15)18)8-10-7-11(14)4-5-12(10)17/h4-5,7,17H,2-3,6,8-9H2,1H3,(H2,15,18). The van der Waals surface area contributed by atoms with Crippen LogP contribution in [0.1, 0.15) is 25.3 Å². The van der Waals surface area contributed by atoms with Gasteiger partial charge in [-0.15, -0.1) is 0 Å². The lowest BCUT2D eigenvalue weighted by molar-refractivity contribution is -0.119. The van der Waals surface area contributed by atoms with Gasteiger partial charge in [-0.2, -0.15) is 0 Å². The van der Waals surface area contributed by atoms with Crippen LogP contribution in [0.3, 0.4) is 0 Å². The molecule has 0 spiro atoms. The fourth-order valence-corrected chi connectivity index (χ4v) is 2.15. The van der Waals surface area contributed by atoms with Crippen molar-refractivity contribution in [1.82, 2.24) is 4.90 Å². The zero-order valence-electron chi connectivity index (χ0n) is 10.5. The molecule has 1 aromatic carbocycles. The Morgan fingerprint density at radius 1 is 1.50 bits per heavy atom. The molecule has 5 heteroatoms. The molecule has 18 heavy (non-hydrogen) atoms. The van der Waals surface area contributed by atoms with Crippen LogP contribution in [0.5, 0.6) is 5.75 Å². The summed E-state index contributed by atoms with van der Waals surface area (Å²) in [5.74, 6) is -0.107. The normalized spacial score (nSPS) is 10.8. The van der Waals surface area contributed by atoms with E-state index in [0.29, 0.717) is 6.54 Å². The van der Waals surface area contributed by atoms with E-state index in [1.807, 2.05) is 11.0 Å². The topological polar surface area (TPSA) is 66.6 Å². The van der Waals surface area contributed by atoms with E-state index in [2.05, 4.69) is 22.9 Å². The molecular formula is C13H19BrN2O2. The van der Waals surface area contributed by atoms with Gasteiger partial charge >= 0.3 is 0 Å². The molecule has 0 aromatic heterocycles. The van der Waals surface area contributed by atoms with E-state index in [1.165, 1.54) is 0 Å². The first-order valence-corrected chi connectivity index (χ1v) is 6.80. The van der Waals surface area contributed by atoms with Crippen molar-refractivity contribution in [1.29, 1.82) is 0 Å². The summed E-state index contributed by atoms with van der Waals surface area (Å²) < 4.78 is 0.907. The molecule has 0 aliphatic rings. The molecule has 1 amide bonds. The molecule has 1 rings (SSSR count). The molecule has 0 radical (unpaired) electrons. The Bertz CT molecular complexity index is 410. The molecule has 100 valence electrons. The van der Waals surface area contributed by atoms with Gasteiger partial charge in [0.15, 0.2) is 0 Å². The zero-order chi connectivity index (χ0) is 13.5. The monoisotopic (exact) mass is 314 g/mol. The van der Waals surface area contributed by atoms with Crippen molar-refractivity contribution in [2.75, 3.05) is 13.1 Å². The second kappa shape index (κ2) is 7.38. The lowest BCUT2D eigenvalue weighted by Crippen LogP contribution is -2.34. The molecule has 0 unspecified atom stereocenters. The number of primary amides is 1. The predicted molar refractivity (Wildman–Crippen MR) is 75.2 cm³/mol. The number of hydrogen-bond donors (Lipinski definition) is 2. The van der Waals surface area contributed by atoms with Gasteiger partial charge in [0.05, 0.1) is 6.54 Å². The molecule has 4 nitrogen and oxygen atoms in total. The van der Waals surface area contributed by atoms with E-state index < -0.39 is 0 Å². The molecule has 3 N–H and O–H groups in total. The Balaban J connectivity index is 2.74. The van der Waals surface area contributed by atoms with Gasteiger partial charge in [0.2, 0.25) is 5.91 Å². The summed E-state index contributed by atoms with van der Waals surface area (Å²) in [7, 11) is 0. The molecule has 0 saturated carbocycles. The third-order valence-corrected chi connectivity index (χ3v) is 3.14. The summed E-state index contributed by atoms with van der Waals surface area (Å²) in [4.78, 5) is 13.0. The van der Waals surface area contributed by atoms with Gasteiger partial charge in [-0.3, -0.25) is 9.69 Å². The third-order valence-electron chi connectivity index (χ3n) is 2.64. The van der Waals surface area contributed by atoms with Crippen LogP contribution in [-0.4, -0.2) is 29.0 Å². The Labute approximate surface area is 116 Å². The van der Waals surface area contributed by atoms with Crippen LogP contribution in [0.25, 0.3) is 0 Å². The van der Waals surface area contributed by atoms with E-state index in [4.69, 9.17) is 5.73 Å². The number of nitrogens with zero attached hydrogens (tertiary/aromatic N) is 1. The fourth-order valence-electron chi connectivity index (χ4n) is 1.74. The van der Waals surface area contributed by atoms with Crippen molar-refractivity contribution in [3.8, 4) is 5.75 Å². The SMILES string of the molecule is CCCCN(CC(N)=O)Cc1cc(Br)ccc1O. The summed E-state index contributed by atoms with van der Waals surface area (Å²) in [6.07, 6.45) is 2.06. The van der Waals surface area contributed by atoms with Crippen LogP contribution < -0.4 is 5.73 Å². The number of phenols is 1. The number of halogens is 1. The van der Waals surface area contributed by atoms with E-state index in [0.717, 1.165) is 29.4 Å². The van der Waals surface area contributed by atoms with E-state index in [9.17, 15) is 9.90 Å². The first-order chi connectivity index (χ1) is 8.52. The van der Waals surface area contributed by atoms with Crippen molar-refractivity contribution in [2.45, 2.75) is 26.3 Å². The number of nitrogens with two attached hydrogens (primary N) is 1. The van der Waals surface area contributed by atoms with Crippen molar-refractivity contribution in [3.63, 3.8) is 0 Å². The molecule has 0 aliphatic heterocycles. The van der Waals surface area contributed by atoms with Crippen molar-refractivity contribution in [3.05, 3.63) is 28.2 Å². The highest BCUT2D eigenvalue weighted by Gasteiger charge is 2.11. The van der Waals surface area contributed by atoms with Gasteiger partial charge in [0.25, 0.3) is 0 Å². The Morgan fingerprint density at radius 3 is 2.83 bits per heavy atom. The first kappa shape index (κ1) is 15.0. The first-order valence-electron chi connectivity index (χ1n) is 6.01. The highest BCUT2D eigenvalue weighted by molar-refractivity contribution is 9.10. The van der Waals surface area contributed by atoms with Gasteiger partial charge in [-0.05, 0) is 31.2 Å². The summed E-state index contributed by atoms with van der Waals surface area (Å²) in [5, 5.41) is 9.78. The minimum atomic E-state index is -0.347. The number of unbranched alkanes of at least 4 members (excludes halogenated alkanes) is 1. The number of amides is 1. The number of carbonyl (C=O) groups excluding carboxylic acids is 1. The highest BCUT2D eigenvalue weighted by Crippen LogP contribution is 2.23. The van der Waals surface area contributed by atoms with E-state index in [1.54, 1.807) is 12.1 Å². The quantitative estimate of drug-likeness (QED) is 0.811. The summed E-state index contributed by atoms with van der Waals surface area (Å²) >= 11 is 3.37. The molecule has 0 atom stereocenters. The number of aromatic hydroxyl groups is 1. The molecule has 0 saturated heterocycles. The predicted octanol–water partition coefficient (Wildman–Crippen LogP) is 2.24. The van der Waals surface area contributed by atoms with Crippen molar-refractivity contribution < 1.29 is 9.90 Å². The van der Waals surface area contributed by atoms with Gasteiger partial charge < -0.3 is 10.8 Å². The average Bonchev–Trinajstić information content (AvgIpc) is 2.30. The maximum absolute atomic E-state index is 11.0. The van der Waals surface area contributed by atoms with Gasteiger partial charge in [-0.1, -0.05) is 29.3 Å². The fraction of sp³-hybridized carbons (Fsp3) is 0.462. The summed E-state index contributed by atoms with van der Waals surface area (Å²) in [6.45, 7) is 3.63. The number of hydrogen-bond acceptors (Lipinski definition) is 3. The van der Waals surface area contributed by atoms with Crippen LogP contribution in [-0.2, 0) is 11.3 Å². The molecule has 0 fully saturated rings. The molecule has 0 aliphatic carbocycles. The smallest absolute Gasteiger partial charge is 0.231 e. The lowest BCUT2D eigenvalue weighted by atomic mass is 10.2. The molecular weight excluding hydrogens is 296 g/mol. The Hall–Kier alpha value is -1.07. The van der Waals surface area contributed by atoms with Crippen LogP contribution >= 0.6 is 15.9 Å². The molecule has 0 heterocycles. The Morgan fingerprint density at radius 2 is 2.22 bits per heavy atom. The van der Waals surface area contributed by atoms with Crippen LogP contribution in [0.15, 0.2) is 22.7 Å². The third kappa shape index (κ3) is 5.06. The number of rotatable bonds is 7. The van der Waals surface area contributed by atoms with Crippen molar-refractivity contribution >= 4 is 21.8 Å². The molecule has 1 aromatic rings. The van der Waals surface area contributed by atoms with Gasteiger partial charge in [0, 0.05) is 16.6 Å².